The molecule has 3 unspecified atom stereocenters. The van der Waals surface area contributed by atoms with Gasteiger partial charge >= 0.3 is 219 Å². The fourth-order valence-corrected chi connectivity index (χ4v) is 8.31. The van der Waals surface area contributed by atoms with E-state index in [0.717, 1.165) is 32.1 Å². The van der Waals surface area contributed by atoms with Crippen LogP contribution in [-0.2, 0) is 59.9 Å². The van der Waals surface area contributed by atoms with Crippen molar-refractivity contribution in [1.29, 1.82) is 0 Å². The van der Waals surface area contributed by atoms with Crippen molar-refractivity contribution in [2.75, 3.05) is 13.2 Å². The molecule has 0 aliphatic heterocycles. The molecule has 0 aromatic rings. The van der Waals surface area contributed by atoms with Crippen molar-refractivity contribution in [3.05, 3.63) is 0 Å². The van der Waals surface area contributed by atoms with Crippen molar-refractivity contribution < 1.29 is 311 Å². The number of aliphatic hydroxyl groups excluding tert-OH is 2. The second kappa shape index (κ2) is 44.6. The second-order valence-electron chi connectivity index (χ2n) is 13.2. The molecule has 33 heteroatoms. The minimum absolute atomic E-state index is 0. The Morgan fingerprint density at radius 2 is 0.841 bits per heavy atom. The largest absolute Gasteiger partial charge is 1.00 e. The van der Waals surface area contributed by atoms with E-state index < -0.39 is 99.2 Å². The third-order valence-electron chi connectivity index (χ3n) is 8.33. The van der Waals surface area contributed by atoms with Gasteiger partial charge in [-0.05, 0) is 12.8 Å². The first-order valence-electron chi connectivity index (χ1n) is 18.4. The predicted octanol–water partition coefficient (Wildman–Crippen LogP) is -21.6. The normalized spacial score (nSPS) is 21.1. The van der Waals surface area contributed by atoms with Crippen LogP contribution >= 0.6 is 31.3 Å². The van der Waals surface area contributed by atoms with Crippen LogP contribution in [0.25, 0.3) is 0 Å². The zero-order valence-corrected chi connectivity index (χ0v) is 55.9. The van der Waals surface area contributed by atoms with Crippen molar-refractivity contribution in [2.45, 2.75) is 166 Å². The number of carbonyl (C=O) groups is 2. The molecule has 8 atom stereocenters. The molecule has 0 spiro atoms. The van der Waals surface area contributed by atoms with Crippen molar-refractivity contribution in [1.82, 2.24) is 0 Å². The zero-order chi connectivity index (χ0) is 42.6. The maximum absolute atomic E-state index is 12.8. The molecule has 0 saturated heterocycles. The van der Waals surface area contributed by atoms with Gasteiger partial charge in [0.05, 0.1) is 30.1 Å². The molecular formula is C30H53Na7O22P4. The summed E-state index contributed by atoms with van der Waals surface area (Å²) < 4.78 is 78.0. The van der Waals surface area contributed by atoms with Gasteiger partial charge in [-0.15, -0.1) is 0 Å². The average Bonchev–Trinajstić information content (AvgIpc) is 3.06. The summed E-state index contributed by atoms with van der Waals surface area (Å²) in [6.07, 6.45) is -3.93. The van der Waals surface area contributed by atoms with Gasteiger partial charge < -0.3 is 90.3 Å². The Labute approximate surface area is 525 Å². The molecule has 0 aromatic carbocycles. The summed E-state index contributed by atoms with van der Waals surface area (Å²) in [4.78, 5) is 105. The molecule has 0 radical (unpaired) electrons. The van der Waals surface area contributed by atoms with E-state index >= 15 is 0 Å². The number of esters is 2. The number of hydrogen-bond donors (Lipinski definition) is 2. The van der Waals surface area contributed by atoms with Crippen LogP contribution in [0.1, 0.15) is 123 Å². The predicted molar refractivity (Wildman–Crippen MR) is 179 cm³/mol. The van der Waals surface area contributed by atoms with E-state index in [0.29, 0.717) is 12.8 Å². The van der Waals surface area contributed by atoms with Crippen molar-refractivity contribution >= 4 is 43.2 Å². The van der Waals surface area contributed by atoms with Crippen LogP contribution in [0.3, 0.4) is 0 Å². The fourth-order valence-electron chi connectivity index (χ4n) is 5.73. The van der Waals surface area contributed by atoms with Gasteiger partial charge in [0.2, 0.25) is 0 Å². The summed E-state index contributed by atoms with van der Waals surface area (Å²) in [6.45, 7) is 1.98. The van der Waals surface area contributed by atoms with E-state index in [-0.39, 0.29) is 220 Å². The smallest absolute Gasteiger partial charge is 0.790 e. The quantitative estimate of drug-likeness (QED) is 0.0282. The van der Waals surface area contributed by atoms with E-state index in [2.05, 4.69) is 29.5 Å². The summed E-state index contributed by atoms with van der Waals surface area (Å²) in [5.41, 5.74) is 0. The summed E-state index contributed by atoms with van der Waals surface area (Å²) >= 11 is 0. The van der Waals surface area contributed by atoms with Gasteiger partial charge in [0.25, 0.3) is 7.82 Å². The maximum Gasteiger partial charge on any atom is 1.00 e. The van der Waals surface area contributed by atoms with Gasteiger partial charge in [-0.3, -0.25) is 14.2 Å². The molecule has 22 nitrogen and oxygen atoms in total. The molecule has 63 heavy (non-hydrogen) atoms. The van der Waals surface area contributed by atoms with Gasteiger partial charge in [-0.2, -0.15) is 0 Å². The number of ether oxygens (including phenoxy) is 2. The average molecular weight is 1050 g/mol. The standard InChI is InChI=1S/C30H60O22P4.7Na/c1-3-5-6-7-8-9-10-11-12-13-14-15-16-17-19-23(31)46-20-22(48-24(32)18-4-2)21-47-56(44,45)52-27-25(33)28(49-53(35,36)37)30(51-55(41,42)43)29(26(27)34)50-54(38,39)40;;;;;;;/h22,25-30,33-34H,3-21H2,1-2H3,(H,44,45)(H2,35,36,37)(H2,38,39,40)(H2,41,42,43);;;;;;;/q;7*+1/p-7/t22-,25+,26+,27?,28-,29+,30?;;;;;;;/m1......./s1. The number of carbonyl (C=O) groups excluding carboxylic acids is 2. The van der Waals surface area contributed by atoms with Crippen LogP contribution in [0.2, 0.25) is 0 Å². The summed E-state index contributed by atoms with van der Waals surface area (Å²) in [5.74, 6) is -1.56. The number of phosphoric ester groups is 4. The molecule has 1 rings (SSSR count). The first-order valence-corrected chi connectivity index (χ1v) is 24.3. The van der Waals surface area contributed by atoms with Crippen LogP contribution in [0.5, 0.6) is 0 Å². The Bertz CT molecular complexity index is 1330. The molecule has 0 heterocycles. The van der Waals surface area contributed by atoms with Crippen molar-refractivity contribution in [2.24, 2.45) is 0 Å². The fraction of sp³-hybridized carbons (Fsp3) is 0.933. The van der Waals surface area contributed by atoms with Gasteiger partial charge in [-0.1, -0.05) is 97.3 Å². The van der Waals surface area contributed by atoms with E-state index in [1.165, 1.54) is 51.4 Å². The molecule has 1 aliphatic carbocycles. The SMILES string of the molecule is CCCCCCCCCCCCCCCCC(=O)OC[C@H](COP(=O)([O-])OC1[C@H](O)[C@H](OP(=O)([O-])[O-])C(OP(=O)([O-])[O-])[C@H](OP(=O)([O-])[O-])[C@H]1O)OC(=O)CCC.[Na+].[Na+].[Na+].[Na+].[Na+].[Na+].[Na+]. The number of hydrogen-bond acceptors (Lipinski definition) is 22. The molecule has 332 valence electrons. The van der Waals surface area contributed by atoms with Crippen LogP contribution in [-0.4, -0.2) is 78.1 Å². The molecular weight excluding hydrogens is 997 g/mol. The van der Waals surface area contributed by atoms with Crippen LogP contribution in [0.4, 0.5) is 0 Å². The first-order chi connectivity index (χ1) is 26.0. The molecule has 2 N–H and O–H groups in total. The molecule has 1 aliphatic rings. The number of unbranched alkanes of at least 4 members (excludes halogenated alkanes) is 13. The molecule has 1 saturated carbocycles. The molecule has 1 fully saturated rings. The molecule has 0 bridgehead atoms. The number of rotatable bonds is 31. The minimum atomic E-state index is -6.36. The third kappa shape index (κ3) is 42.2. The van der Waals surface area contributed by atoms with Crippen molar-refractivity contribution in [3.63, 3.8) is 0 Å². The zero-order valence-electron chi connectivity index (χ0n) is 38.3. The Morgan fingerprint density at radius 1 is 0.476 bits per heavy atom. The first kappa shape index (κ1) is 83.3. The number of phosphoric acid groups is 4. The van der Waals surface area contributed by atoms with Crippen LogP contribution < -0.4 is 241 Å². The number of aliphatic hydroxyl groups is 2. The maximum atomic E-state index is 12.8. The van der Waals surface area contributed by atoms with Gasteiger partial charge in [0.15, 0.2) is 6.10 Å². The van der Waals surface area contributed by atoms with Gasteiger partial charge in [0, 0.05) is 12.8 Å². The monoisotopic (exact) mass is 1050 g/mol. The van der Waals surface area contributed by atoms with E-state index in [1.54, 1.807) is 6.92 Å². The Kier molecular flexibility index (Phi) is 58.9. The van der Waals surface area contributed by atoms with Gasteiger partial charge in [-0.25, -0.2) is 0 Å². The summed E-state index contributed by atoms with van der Waals surface area (Å²) in [6, 6.07) is 0. The molecule has 0 aromatic heterocycles. The summed E-state index contributed by atoms with van der Waals surface area (Å²) in [5, 5.41) is 21.2. The Morgan fingerprint density at radius 3 is 1.21 bits per heavy atom. The van der Waals surface area contributed by atoms with E-state index in [9.17, 15) is 72.3 Å². The van der Waals surface area contributed by atoms with Gasteiger partial charge in [0.1, 0.15) is 43.2 Å². The summed E-state index contributed by atoms with van der Waals surface area (Å²) in [7, 11) is -25.0. The van der Waals surface area contributed by atoms with Crippen LogP contribution in [0, 0.1) is 0 Å². The van der Waals surface area contributed by atoms with Crippen molar-refractivity contribution in [3.8, 4) is 0 Å². The van der Waals surface area contributed by atoms with E-state index in [4.69, 9.17) is 9.47 Å². The minimum Gasteiger partial charge on any atom is -0.790 e. The van der Waals surface area contributed by atoms with Crippen LogP contribution in [0.15, 0.2) is 0 Å². The molecule has 0 amide bonds. The Balaban J connectivity index is -0.000000896. The third-order valence-corrected chi connectivity index (χ3v) is 10.8. The topological polar surface area (TPSA) is 369 Å². The van der Waals surface area contributed by atoms with E-state index in [1.807, 2.05) is 0 Å². The Hall–Kier alpha value is 6.30. The second-order valence-corrected chi connectivity index (χ2v) is 17.9.